The van der Waals surface area contributed by atoms with Crippen LogP contribution in [0.25, 0.3) is 0 Å². The maximum absolute atomic E-state index is 12.4. The summed E-state index contributed by atoms with van der Waals surface area (Å²) in [6, 6.07) is 17.2. The number of nitrogen functional groups attached to an aromatic ring is 1. The zero-order chi connectivity index (χ0) is 16.7. The Morgan fingerprint density at radius 2 is 1.83 bits per heavy atom. The van der Waals surface area contributed by atoms with Gasteiger partial charge in [-0.1, -0.05) is 30.3 Å². The topological polar surface area (TPSA) is 64.3 Å². The summed E-state index contributed by atoms with van der Waals surface area (Å²) in [5, 5.41) is 3.17. The molecule has 0 amide bonds. The van der Waals surface area contributed by atoms with E-state index < -0.39 is 4.87 Å². The Labute approximate surface area is 142 Å². The molecule has 0 aliphatic heterocycles. The zero-order valence-electron chi connectivity index (χ0n) is 13.2. The van der Waals surface area contributed by atoms with Gasteiger partial charge in [0.25, 0.3) is 0 Å². The van der Waals surface area contributed by atoms with Gasteiger partial charge >= 0.3 is 5.97 Å². The van der Waals surface area contributed by atoms with Gasteiger partial charge in [-0.2, -0.15) is 0 Å². The van der Waals surface area contributed by atoms with Crippen molar-refractivity contribution in [2.45, 2.75) is 24.6 Å². The van der Waals surface area contributed by atoms with Gasteiger partial charge in [0.2, 0.25) is 0 Å². The number of hydrogen-bond donors (Lipinski definition) is 3. The standard InChI is InChI=1S/C18H22N2O2S/c1-2-22-17(21)18(23,13-12-14-6-4-3-5-7-14)20-16-10-8-15(19)9-11-16/h3-11,20,23H,2,12-13,19H2,1H3. The molecule has 0 spiro atoms. The van der Waals surface area contributed by atoms with Crippen LogP contribution in [0.4, 0.5) is 11.4 Å². The van der Waals surface area contributed by atoms with Gasteiger partial charge in [0.1, 0.15) is 0 Å². The van der Waals surface area contributed by atoms with E-state index in [1.807, 2.05) is 42.5 Å². The molecule has 2 aromatic rings. The first-order valence-electron chi connectivity index (χ1n) is 7.61. The summed E-state index contributed by atoms with van der Waals surface area (Å²) in [5.74, 6) is -0.379. The van der Waals surface area contributed by atoms with E-state index in [9.17, 15) is 4.79 Å². The molecular weight excluding hydrogens is 308 g/mol. The summed E-state index contributed by atoms with van der Waals surface area (Å²) in [6.07, 6.45) is 1.22. The molecule has 1 unspecified atom stereocenters. The lowest BCUT2D eigenvalue weighted by atomic mass is 10.0. The van der Waals surface area contributed by atoms with Gasteiger partial charge in [-0.25, -0.2) is 4.79 Å². The third-order valence-corrected chi connectivity index (χ3v) is 4.01. The number of carbonyl (C=O) groups excluding carboxylic acids is 1. The first-order valence-corrected chi connectivity index (χ1v) is 8.05. The number of rotatable bonds is 7. The fourth-order valence-corrected chi connectivity index (χ4v) is 2.55. The van der Waals surface area contributed by atoms with Crippen LogP contribution in [0, 0.1) is 0 Å². The number of hydrogen-bond acceptors (Lipinski definition) is 5. The molecule has 122 valence electrons. The molecule has 5 heteroatoms. The van der Waals surface area contributed by atoms with Crippen molar-refractivity contribution in [2.24, 2.45) is 0 Å². The molecule has 23 heavy (non-hydrogen) atoms. The average molecular weight is 330 g/mol. The molecule has 0 saturated carbocycles. The Morgan fingerprint density at radius 1 is 1.17 bits per heavy atom. The van der Waals surface area contributed by atoms with Crippen LogP contribution in [-0.2, 0) is 16.0 Å². The maximum Gasteiger partial charge on any atom is 0.342 e. The largest absolute Gasteiger partial charge is 0.464 e. The lowest BCUT2D eigenvalue weighted by Crippen LogP contribution is -2.43. The van der Waals surface area contributed by atoms with Crippen molar-refractivity contribution in [3.05, 3.63) is 60.2 Å². The van der Waals surface area contributed by atoms with Crippen LogP contribution in [0.3, 0.4) is 0 Å². The number of nitrogens with two attached hydrogens (primary N) is 1. The minimum atomic E-state index is -1.10. The molecule has 1 atom stereocenters. The lowest BCUT2D eigenvalue weighted by molar-refractivity contribution is -0.145. The molecule has 0 saturated heterocycles. The minimum absolute atomic E-state index is 0.315. The number of esters is 1. The molecule has 0 fully saturated rings. The predicted molar refractivity (Wildman–Crippen MR) is 97.6 cm³/mol. The van der Waals surface area contributed by atoms with E-state index in [-0.39, 0.29) is 5.97 Å². The molecule has 0 heterocycles. The molecular formula is C18H22N2O2S. The summed E-state index contributed by atoms with van der Waals surface area (Å²) in [7, 11) is 0. The van der Waals surface area contributed by atoms with Crippen molar-refractivity contribution in [2.75, 3.05) is 17.7 Å². The van der Waals surface area contributed by atoms with E-state index >= 15 is 0 Å². The van der Waals surface area contributed by atoms with Gasteiger partial charge in [0, 0.05) is 11.4 Å². The molecule has 2 aromatic carbocycles. The second kappa shape index (κ2) is 7.92. The number of carbonyl (C=O) groups is 1. The zero-order valence-corrected chi connectivity index (χ0v) is 14.1. The molecule has 3 N–H and O–H groups in total. The van der Waals surface area contributed by atoms with Crippen molar-refractivity contribution in [3.63, 3.8) is 0 Å². The molecule has 2 rings (SSSR count). The molecule has 0 aromatic heterocycles. The molecule has 0 radical (unpaired) electrons. The van der Waals surface area contributed by atoms with E-state index in [0.29, 0.717) is 25.1 Å². The summed E-state index contributed by atoms with van der Waals surface area (Å²) in [5.41, 5.74) is 8.28. The second-order valence-electron chi connectivity index (χ2n) is 5.31. The Balaban J connectivity index is 2.14. The van der Waals surface area contributed by atoms with Crippen LogP contribution >= 0.6 is 12.6 Å². The fraction of sp³-hybridized carbons (Fsp3) is 0.278. The van der Waals surface area contributed by atoms with Crippen molar-refractivity contribution in [1.82, 2.24) is 0 Å². The normalized spacial score (nSPS) is 13.1. The van der Waals surface area contributed by atoms with Crippen molar-refractivity contribution < 1.29 is 9.53 Å². The molecule has 0 aliphatic rings. The number of ether oxygens (including phenoxy) is 1. The number of anilines is 2. The highest BCUT2D eigenvalue weighted by Crippen LogP contribution is 2.27. The number of thiol groups is 1. The van der Waals surface area contributed by atoms with Gasteiger partial charge in [0.05, 0.1) is 6.61 Å². The van der Waals surface area contributed by atoms with Crippen LogP contribution in [-0.4, -0.2) is 17.4 Å². The monoisotopic (exact) mass is 330 g/mol. The van der Waals surface area contributed by atoms with Crippen LogP contribution in [0.1, 0.15) is 18.9 Å². The van der Waals surface area contributed by atoms with Crippen LogP contribution in [0.2, 0.25) is 0 Å². The first kappa shape index (κ1) is 17.2. The Hall–Kier alpha value is -2.14. The van der Waals surface area contributed by atoms with Crippen molar-refractivity contribution in [3.8, 4) is 0 Å². The summed E-state index contributed by atoms with van der Waals surface area (Å²) < 4.78 is 5.19. The SMILES string of the molecule is CCOC(=O)C(S)(CCc1ccccc1)Nc1ccc(N)cc1. The fourth-order valence-electron chi connectivity index (χ4n) is 2.24. The summed E-state index contributed by atoms with van der Waals surface area (Å²) >= 11 is 4.60. The predicted octanol–water partition coefficient (Wildman–Crippen LogP) is 3.50. The second-order valence-corrected chi connectivity index (χ2v) is 6.08. The van der Waals surface area contributed by atoms with Gasteiger partial charge in [-0.15, -0.1) is 12.6 Å². The number of nitrogens with one attached hydrogen (secondary N) is 1. The Morgan fingerprint density at radius 3 is 2.43 bits per heavy atom. The Bertz CT molecular complexity index is 631. The van der Waals surface area contributed by atoms with E-state index in [0.717, 1.165) is 11.3 Å². The van der Waals surface area contributed by atoms with E-state index in [4.69, 9.17) is 10.5 Å². The van der Waals surface area contributed by atoms with E-state index in [1.54, 1.807) is 19.1 Å². The van der Waals surface area contributed by atoms with Gasteiger partial charge < -0.3 is 15.8 Å². The molecule has 4 nitrogen and oxygen atoms in total. The van der Waals surface area contributed by atoms with E-state index in [1.165, 1.54) is 0 Å². The van der Waals surface area contributed by atoms with Crippen LogP contribution in [0.15, 0.2) is 54.6 Å². The van der Waals surface area contributed by atoms with Crippen molar-refractivity contribution >= 4 is 30.0 Å². The summed E-state index contributed by atoms with van der Waals surface area (Å²) in [6.45, 7) is 2.10. The van der Waals surface area contributed by atoms with E-state index in [2.05, 4.69) is 17.9 Å². The van der Waals surface area contributed by atoms with Gasteiger partial charge in [-0.05, 0) is 49.6 Å². The van der Waals surface area contributed by atoms with Crippen LogP contribution in [0.5, 0.6) is 0 Å². The molecule has 0 aliphatic carbocycles. The third-order valence-electron chi connectivity index (χ3n) is 3.49. The highest BCUT2D eigenvalue weighted by Gasteiger charge is 2.35. The van der Waals surface area contributed by atoms with Gasteiger partial charge in [-0.3, -0.25) is 0 Å². The average Bonchev–Trinajstić information content (AvgIpc) is 2.56. The number of aryl methyl sites for hydroxylation is 1. The van der Waals surface area contributed by atoms with Crippen LogP contribution < -0.4 is 11.1 Å². The Kier molecular flexibility index (Phi) is 5.93. The summed E-state index contributed by atoms with van der Waals surface area (Å²) in [4.78, 5) is 11.3. The van der Waals surface area contributed by atoms with Crippen molar-refractivity contribution in [1.29, 1.82) is 0 Å². The lowest BCUT2D eigenvalue weighted by Gasteiger charge is -2.28. The van der Waals surface area contributed by atoms with Gasteiger partial charge in [0.15, 0.2) is 4.87 Å². The minimum Gasteiger partial charge on any atom is -0.464 e. The highest BCUT2D eigenvalue weighted by molar-refractivity contribution is 7.82. The first-order chi connectivity index (χ1) is 11.0. The highest BCUT2D eigenvalue weighted by atomic mass is 32.1. The number of benzene rings is 2. The molecule has 0 bridgehead atoms. The smallest absolute Gasteiger partial charge is 0.342 e. The third kappa shape index (κ3) is 4.93. The quantitative estimate of drug-likeness (QED) is 0.315. The maximum atomic E-state index is 12.4.